The van der Waals surface area contributed by atoms with Gasteiger partial charge in [-0.3, -0.25) is 4.79 Å². The number of unbranched alkanes of at least 4 members (excludes halogenated alkanes) is 1. The lowest BCUT2D eigenvalue weighted by molar-refractivity contribution is -0.117. The average molecular weight is 312 g/mol. The summed E-state index contributed by atoms with van der Waals surface area (Å²) in [7, 11) is 0. The molecule has 2 aromatic rings. The van der Waals surface area contributed by atoms with Gasteiger partial charge in [-0.2, -0.15) is 0 Å². The third-order valence-electron chi connectivity index (χ3n) is 3.47. The minimum Gasteiger partial charge on any atom is -0.457 e. The van der Waals surface area contributed by atoms with E-state index in [9.17, 15) is 4.79 Å². The van der Waals surface area contributed by atoms with E-state index in [4.69, 9.17) is 10.5 Å². The summed E-state index contributed by atoms with van der Waals surface area (Å²) in [5, 5.41) is 2.76. The first-order chi connectivity index (χ1) is 11.1. The summed E-state index contributed by atoms with van der Waals surface area (Å²) in [5.74, 6) is 1.26. The topological polar surface area (TPSA) is 64.3 Å². The summed E-state index contributed by atoms with van der Waals surface area (Å²) < 4.78 is 5.90. The molecule has 4 nitrogen and oxygen atoms in total. The highest BCUT2D eigenvalue weighted by molar-refractivity contribution is 5.94. The summed E-state index contributed by atoms with van der Waals surface area (Å²) in [4.78, 5) is 11.6. The van der Waals surface area contributed by atoms with Gasteiger partial charge in [-0.1, -0.05) is 31.5 Å². The second kappa shape index (κ2) is 8.34. The van der Waals surface area contributed by atoms with E-state index in [0.29, 0.717) is 11.4 Å². The van der Waals surface area contributed by atoms with Crippen molar-refractivity contribution in [2.45, 2.75) is 39.2 Å². The number of ether oxygens (including phenoxy) is 1. The van der Waals surface area contributed by atoms with Gasteiger partial charge in [0.25, 0.3) is 0 Å². The lowest BCUT2D eigenvalue weighted by Gasteiger charge is -2.11. The molecule has 0 spiro atoms. The van der Waals surface area contributed by atoms with Crippen molar-refractivity contribution in [1.82, 2.24) is 0 Å². The van der Waals surface area contributed by atoms with Gasteiger partial charge in [0, 0.05) is 11.8 Å². The molecule has 2 aromatic carbocycles. The lowest BCUT2D eigenvalue weighted by Crippen LogP contribution is -2.32. The van der Waals surface area contributed by atoms with Crippen LogP contribution in [0.4, 0.5) is 5.69 Å². The fourth-order valence-corrected chi connectivity index (χ4v) is 2.17. The Morgan fingerprint density at radius 2 is 1.87 bits per heavy atom. The molecule has 0 fully saturated rings. The van der Waals surface area contributed by atoms with Gasteiger partial charge >= 0.3 is 0 Å². The molecule has 2 rings (SSSR count). The van der Waals surface area contributed by atoms with Crippen LogP contribution in [0.15, 0.2) is 48.5 Å². The van der Waals surface area contributed by atoms with Gasteiger partial charge in [0.1, 0.15) is 11.5 Å². The second-order valence-electron chi connectivity index (χ2n) is 5.66. The molecule has 0 bridgehead atoms. The Balaban J connectivity index is 2.06. The summed E-state index contributed by atoms with van der Waals surface area (Å²) in [6.45, 7) is 3.83. The zero-order chi connectivity index (χ0) is 16.7. The molecule has 0 saturated carbocycles. The minimum atomic E-state index is -0.546. The zero-order valence-corrected chi connectivity index (χ0v) is 13.7. The third kappa shape index (κ3) is 5.42. The molecule has 1 amide bonds. The van der Waals surface area contributed by atoms with E-state index in [0.717, 1.165) is 12.2 Å². The maximum atomic E-state index is 11.6. The first kappa shape index (κ1) is 17.0. The Labute approximate surface area is 137 Å². The quantitative estimate of drug-likeness (QED) is 0.808. The number of hydrogen-bond acceptors (Lipinski definition) is 3. The third-order valence-corrected chi connectivity index (χ3v) is 3.47. The van der Waals surface area contributed by atoms with Gasteiger partial charge in [0.2, 0.25) is 5.91 Å². The largest absolute Gasteiger partial charge is 0.457 e. The lowest BCUT2D eigenvalue weighted by atomic mass is 10.1. The SMILES string of the molecule is CCCCc1cccc(Oc2cccc(NC(=O)C(C)N)c2)c1. The van der Waals surface area contributed by atoms with Gasteiger partial charge in [-0.25, -0.2) is 0 Å². The minimum absolute atomic E-state index is 0.219. The van der Waals surface area contributed by atoms with E-state index in [2.05, 4.69) is 24.4 Å². The molecule has 0 saturated heterocycles. The Hall–Kier alpha value is -2.33. The van der Waals surface area contributed by atoms with Gasteiger partial charge < -0.3 is 15.8 Å². The molecule has 0 heterocycles. The molecule has 3 N–H and O–H groups in total. The van der Waals surface area contributed by atoms with Crippen molar-refractivity contribution in [2.24, 2.45) is 5.73 Å². The molecular formula is C19H24N2O2. The smallest absolute Gasteiger partial charge is 0.241 e. The van der Waals surface area contributed by atoms with Crippen LogP contribution in [0.1, 0.15) is 32.3 Å². The number of anilines is 1. The highest BCUT2D eigenvalue weighted by Crippen LogP contribution is 2.25. The van der Waals surface area contributed by atoms with Crippen LogP contribution in [0.3, 0.4) is 0 Å². The number of benzene rings is 2. The number of nitrogens with one attached hydrogen (secondary N) is 1. The van der Waals surface area contributed by atoms with Crippen LogP contribution in [0, 0.1) is 0 Å². The molecular weight excluding hydrogens is 288 g/mol. The van der Waals surface area contributed by atoms with E-state index in [1.54, 1.807) is 13.0 Å². The van der Waals surface area contributed by atoms with E-state index in [-0.39, 0.29) is 5.91 Å². The summed E-state index contributed by atoms with van der Waals surface area (Å²) in [6.07, 6.45) is 3.40. The predicted molar refractivity (Wildman–Crippen MR) is 93.8 cm³/mol. The number of nitrogens with two attached hydrogens (primary N) is 1. The fraction of sp³-hybridized carbons (Fsp3) is 0.316. The van der Waals surface area contributed by atoms with E-state index in [1.165, 1.54) is 18.4 Å². The van der Waals surface area contributed by atoms with E-state index in [1.807, 2.05) is 30.3 Å². The van der Waals surface area contributed by atoms with Crippen molar-refractivity contribution >= 4 is 11.6 Å². The second-order valence-corrected chi connectivity index (χ2v) is 5.66. The summed E-state index contributed by atoms with van der Waals surface area (Å²) in [6, 6.07) is 14.9. The standard InChI is InChI=1S/C19H24N2O2/c1-3-4-7-15-8-5-10-17(12-15)23-18-11-6-9-16(13-18)21-19(22)14(2)20/h5-6,8-14H,3-4,7,20H2,1-2H3,(H,21,22). The maximum absolute atomic E-state index is 11.6. The number of rotatable bonds is 7. The van der Waals surface area contributed by atoms with Crippen LogP contribution >= 0.6 is 0 Å². The van der Waals surface area contributed by atoms with E-state index < -0.39 is 6.04 Å². The van der Waals surface area contributed by atoms with Crippen molar-refractivity contribution in [3.8, 4) is 11.5 Å². The van der Waals surface area contributed by atoms with Gasteiger partial charge in [-0.15, -0.1) is 0 Å². The van der Waals surface area contributed by atoms with Crippen molar-refractivity contribution in [3.63, 3.8) is 0 Å². The van der Waals surface area contributed by atoms with Crippen LogP contribution in [0.5, 0.6) is 11.5 Å². The van der Waals surface area contributed by atoms with Gasteiger partial charge in [0.15, 0.2) is 0 Å². The van der Waals surface area contributed by atoms with Crippen LogP contribution in [0.25, 0.3) is 0 Å². The highest BCUT2D eigenvalue weighted by Gasteiger charge is 2.08. The molecule has 1 atom stereocenters. The van der Waals surface area contributed by atoms with Crippen molar-refractivity contribution in [1.29, 1.82) is 0 Å². The number of carbonyl (C=O) groups excluding carboxylic acids is 1. The van der Waals surface area contributed by atoms with Crippen LogP contribution < -0.4 is 15.8 Å². The molecule has 0 radical (unpaired) electrons. The average Bonchev–Trinajstić information content (AvgIpc) is 2.53. The van der Waals surface area contributed by atoms with Crippen LogP contribution in [-0.4, -0.2) is 11.9 Å². The molecule has 0 aliphatic rings. The van der Waals surface area contributed by atoms with Crippen LogP contribution in [0.2, 0.25) is 0 Å². The Kier molecular flexibility index (Phi) is 6.18. The van der Waals surface area contributed by atoms with Crippen LogP contribution in [-0.2, 0) is 11.2 Å². The molecule has 0 aliphatic carbocycles. The Morgan fingerprint density at radius 3 is 2.57 bits per heavy atom. The maximum Gasteiger partial charge on any atom is 0.241 e. The first-order valence-corrected chi connectivity index (χ1v) is 8.02. The monoisotopic (exact) mass is 312 g/mol. The van der Waals surface area contributed by atoms with Crippen molar-refractivity contribution < 1.29 is 9.53 Å². The Morgan fingerprint density at radius 1 is 1.17 bits per heavy atom. The normalized spacial score (nSPS) is 11.8. The molecule has 122 valence electrons. The van der Waals surface area contributed by atoms with Crippen molar-refractivity contribution in [2.75, 3.05) is 5.32 Å². The summed E-state index contributed by atoms with van der Waals surface area (Å²) >= 11 is 0. The number of hydrogen-bond donors (Lipinski definition) is 2. The van der Waals surface area contributed by atoms with Crippen molar-refractivity contribution in [3.05, 3.63) is 54.1 Å². The molecule has 0 aromatic heterocycles. The predicted octanol–water partition coefficient (Wildman–Crippen LogP) is 4.11. The fourth-order valence-electron chi connectivity index (χ4n) is 2.17. The van der Waals surface area contributed by atoms with E-state index >= 15 is 0 Å². The number of aryl methyl sites for hydroxylation is 1. The van der Waals surface area contributed by atoms with Gasteiger partial charge in [0.05, 0.1) is 6.04 Å². The zero-order valence-electron chi connectivity index (χ0n) is 13.7. The van der Waals surface area contributed by atoms with Gasteiger partial charge in [-0.05, 0) is 49.6 Å². The molecule has 0 aliphatic heterocycles. The number of carbonyl (C=O) groups is 1. The number of amides is 1. The highest BCUT2D eigenvalue weighted by atomic mass is 16.5. The first-order valence-electron chi connectivity index (χ1n) is 8.02. The Bertz CT molecular complexity index is 653. The molecule has 23 heavy (non-hydrogen) atoms. The molecule has 1 unspecified atom stereocenters. The summed E-state index contributed by atoms with van der Waals surface area (Å²) in [5.41, 5.74) is 7.50. The molecule has 4 heteroatoms.